The zero-order chi connectivity index (χ0) is 27.3. The Hall–Kier alpha value is -3.18. The van der Waals surface area contributed by atoms with Gasteiger partial charge in [0.1, 0.15) is 36.9 Å². The molecule has 1 saturated heterocycles. The van der Waals surface area contributed by atoms with Crippen LogP contribution in [0, 0.1) is 0 Å². The van der Waals surface area contributed by atoms with E-state index in [4.69, 9.17) is 18.9 Å². The quantitative estimate of drug-likeness (QED) is 0.350. The Morgan fingerprint density at radius 1 is 0.684 bits per heavy atom. The van der Waals surface area contributed by atoms with Gasteiger partial charge in [0.2, 0.25) is 0 Å². The molecule has 0 spiro atoms. The van der Waals surface area contributed by atoms with Gasteiger partial charge in [0, 0.05) is 39.3 Å². The average Bonchev–Trinajstić information content (AvgIpc) is 2.92. The molecule has 0 bridgehead atoms. The first-order chi connectivity index (χ1) is 18.4. The first-order valence-electron chi connectivity index (χ1n) is 13.0. The molecule has 10 heteroatoms. The molecule has 0 aromatic heterocycles. The second-order valence-electron chi connectivity index (χ2n) is 9.02. The molecule has 2 N–H and O–H groups in total. The Labute approximate surface area is 223 Å². The lowest BCUT2D eigenvalue weighted by atomic mass is 10.2. The minimum atomic E-state index is -0.652. The van der Waals surface area contributed by atoms with Crippen LogP contribution in [-0.2, 0) is 9.47 Å². The molecule has 1 heterocycles. The van der Waals surface area contributed by atoms with Crippen molar-refractivity contribution in [1.29, 1.82) is 0 Å². The molecule has 0 radical (unpaired) electrons. The van der Waals surface area contributed by atoms with Crippen molar-refractivity contribution in [3.05, 3.63) is 59.7 Å². The summed E-state index contributed by atoms with van der Waals surface area (Å²) < 4.78 is 21.3. The second kappa shape index (κ2) is 15.3. The van der Waals surface area contributed by atoms with Crippen molar-refractivity contribution in [2.75, 3.05) is 65.7 Å². The Balaban J connectivity index is 1.30. The number of piperazine rings is 1. The molecule has 2 aromatic carbocycles. The highest BCUT2D eigenvalue weighted by Gasteiger charge is 2.21. The van der Waals surface area contributed by atoms with Gasteiger partial charge >= 0.3 is 11.9 Å². The van der Waals surface area contributed by atoms with Crippen LogP contribution in [-0.4, -0.2) is 110 Å². The van der Waals surface area contributed by atoms with Gasteiger partial charge in [0.25, 0.3) is 0 Å². The smallest absolute Gasteiger partial charge is 0.338 e. The third-order valence-electron chi connectivity index (χ3n) is 6.02. The van der Waals surface area contributed by atoms with E-state index in [1.807, 2.05) is 0 Å². The van der Waals surface area contributed by atoms with E-state index >= 15 is 0 Å². The van der Waals surface area contributed by atoms with E-state index in [0.29, 0.717) is 48.9 Å². The first-order valence-corrected chi connectivity index (χ1v) is 13.0. The fraction of sp³-hybridized carbons (Fsp3) is 0.500. The minimum absolute atomic E-state index is 0.149. The molecule has 1 fully saturated rings. The second-order valence-corrected chi connectivity index (χ2v) is 9.02. The number of carbonyl (C=O) groups excluding carboxylic acids is 2. The summed E-state index contributed by atoms with van der Waals surface area (Å²) in [6.07, 6.45) is -1.30. The molecule has 10 nitrogen and oxygen atoms in total. The molecule has 1 aliphatic heterocycles. The number of aliphatic hydroxyl groups excluding tert-OH is 2. The highest BCUT2D eigenvalue weighted by atomic mass is 16.5. The summed E-state index contributed by atoms with van der Waals surface area (Å²) in [5.41, 5.74) is 0.915. The molecule has 0 amide bonds. The van der Waals surface area contributed by atoms with Gasteiger partial charge in [-0.05, 0) is 62.4 Å². The molecule has 1 aliphatic rings. The van der Waals surface area contributed by atoms with Gasteiger partial charge < -0.3 is 29.2 Å². The number of rotatable bonds is 14. The molecule has 208 valence electrons. The SMILES string of the molecule is CCOC(=O)c1ccc(OCC(O)CN2CCN(CC(O)COc3ccc(C(=O)OCC)cc3)CC2)cc1. The van der Waals surface area contributed by atoms with E-state index in [0.717, 1.165) is 26.2 Å². The zero-order valence-corrected chi connectivity index (χ0v) is 22.1. The van der Waals surface area contributed by atoms with Crippen LogP contribution < -0.4 is 9.47 Å². The van der Waals surface area contributed by atoms with Crippen molar-refractivity contribution in [3.63, 3.8) is 0 Å². The fourth-order valence-corrected chi connectivity index (χ4v) is 4.04. The number of aliphatic hydroxyl groups is 2. The maximum absolute atomic E-state index is 11.7. The Kier molecular flexibility index (Phi) is 11.8. The van der Waals surface area contributed by atoms with Crippen LogP contribution >= 0.6 is 0 Å². The van der Waals surface area contributed by atoms with Crippen molar-refractivity contribution >= 4 is 11.9 Å². The van der Waals surface area contributed by atoms with Gasteiger partial charge in [-0.3, -0.25) is 9.80 Å². The van der Waals surface area contributed by atoms with Crippen molar-refractivity contribution in [2.45, 2.75) is 26.1 Å². The fourth-order valence-electron chi connectivity index (χ4n) is 4.04. The van der Waals surface area contributed by atoms with Crippen LogP contribution in [0.1, 0.15) is 34.6 Å². The lowest BCUT2D eigenvalue weighted by molar-refractivity contribution is 0.0240. The monoisotopic (exact) mass is 530 g/mol. The van der Waals surface area contributed by atoms with Crippen LogP contribution in [0.15, 0.2) is 48.5 Å². The predicted molar refractivity (Wildman–Crippen MR) is 141 cm³/mol. The van der Waals surface area contributed by atoms with Crippen LogP contribution in [0.25, 0.3) is 0 Å². The number of esters is 2. The molecule has 0 aliphatic carbocycles. The standard InChI is InChI=1S/C28H38N2O8/c1-3-35-27(33)21-5-9-25(10-6-21)37-19-23(31)17-29-13-15-30(16-14-29)18-24(32)20-38-26-11-7-22(8-12-26)28(34)36-4-2/h5-12,23-24,31-32H,3-4,13-20H2,1-2H3. The number of carbonyl (C=O) groups is 2. The number of hydrogen-bond donors (Lipinski definition) is 2. The summed E-state index contributed by atoms with van der Waals surface area (Å²) in [6, 6.07) is 13.3. The summed E-state index contributed by atoms with van der Waals surface area (Å²) in [4.78, 5) is 27.8. The molecule has 3 rings (SSSR count). The van der Waals surface area contributed by atoms with E-state index < -0.39 is 12.2 Å². The molecular weight excluding hydrogens is 492 g/mol. The molecule has 0 saturated carbocycles. The summed E-state index contributed by atoms with van der Waals surface area (Å²) >= 11 is 0. The van der Waals surface area contributed by atoms with E-state index in [-0.39, 0.29) is 25.2 Å². The number of β-amino-alcohol motifs (C(OH)–C–C–N with tert-alkyl or cyclic N) is 2. The van der Waals surface area contributed by atoms with Crippen molar-refractivity contribution in [3.8, 4) is 11.5 Å². The van der Waals surface area contributed by atoms with Crippen LogP contribution in [0.5, 0.6) is 11.5 Å². The van der Waals surface area contributed by atoms with Gasteiger partial charge in [-0.15, -0.1) is 0 Å². The molecular formula is C28H38N2O8. The van der Waals surface area contributed by atoms with Crippen molar-refractivity contribution in [2.24, 2.45) is 0 Å². The maximum Gasteiger partial charge on any atom is 0.338 e. The highest BCUT2D eigenvalue weighted by molar-refractivity contribution is 5.89. The van der Waals surface area contributed by atoms with Gasteiger partial charge in [-0.2, -0.15) is 0 Å². The maximum atomic E-state index is 11.7. The number of benzene rings is 2. The van der Waals surface area contributed by atoms with Gasteiger partial charge in [-0.25, -0.2) is 9.59 Å². The van der Waals surface area contributed by atoms with E-state index in [2.05, 4.69) is 9.80 Å². The predicted octanol–water partition coefficient (Wildman–Crippen LogP) is 1.84. The summed E-state index contributed by atoms with van der Waals surface area (Å²) in [5.74, 6) is 0.405. The van der Waals surface area contributed by atoms with E-state index in [9.17, 15) is 19.8 Å². The topological polar surface area (TPSA) is 118 Å². The molecule has 38 heavy (non-hydrogen) atoms. The third kappa shape index (κ3) is 9.60. The average molecular weight is 531 g/mol. The summed E-state index contributed by atoms with van der Waals surface area (Å²) in [5, 5.41) is 20.8. The number of ether oxygens (including phenoxy) is 4. The van der Waals surface area contributed by atoms with Crippen molar-refractivity contribution in [1.82, 2.24) is 9.80 Å². The van der Waals surface area contributed by atoms with E-state index in [1.54, 1.807) is 62.4 Å². The number of hydrogen-bond acceptors (Lipinski definition) is 10. The summed E-state index contributed by atoms with van der Waals surface area (Å²) in [6.45, 7) is 8.52. The normalized spacial score (nSPS) is 15.9. The minimum Gasteiger partial charge on any atom is -0.491 e. The van der Waals surface area contributed by atoms with Crippen LogP contribution in [0.3, 0.4) is 0 Å². The van der Waals surface area contributed by atoms with Gasteiger partial charge in [-0.1, -0.05) is 0 Å². The largest absolute Gasteiger partial charge is 0.491 e. The first kappa shape index (κ1) is 29.4. The van der Waals surface area contributed by atoms with Gasteiger partial charge in [0.05, 0.1) is 24.3 Å². The zero-order valence-electron chi connectivity index (χ0n) is 22.1. The summed E-state index contributed by atoms with van der Waals surface area (Å²) in [7, 11) is 0. The Morgan fingerprint density at radius 2 is 1.03 bits per heavy atom. The molecule has 2 unspecified atom stereocenters. The van der Waals surface area contributed by atoms with Crippen LogP contribution in [0.2, 0.25) is 0 Å². The number of nitrogens with zero attached hydrogens (tertiary/aromatic N) is 2. The lowest BCUT2D eigenvalue weighted by Gasteiger charge is -2.36. The van der Waals surface area contributed by atoms with Gasteiger partial charge in [0.15, 0.2) is 0 Å². The lowest BCUT2D eigenvalue weighted by Crippen LogP contribution is -2.51. The van der Waals surface area contributed by atoms with Crippen LogP contribution in [0.4, 0.5) is 0 Å². The molecule has 2 atom stereocenters. The Morgan fingerprint density at radius 3 is 1.34 bits per heavy atom. The molecule has 2 aromatic rings. The third-order valence-corrected chi connectivity index (χ3v) is 6.02. The Bertz CT molecular complexity index is 909. The van der Waals surface area contributed by atoms with E-state index in [1.165, 1.54) is 0 Å². The van der Waals surface area contributed by atoms with Crippen molar-refractivity contribution < 1.29 is 38.7 Å². The highest BCUT2D eigenvalue weighted by Crippen LogP contribution is 2.15.